The van der Waals surface area contributed by atoms with Gasteiger partial charge in [0.05, 0.1) is 6.61 Å². The zero-order valence-electron chi connectivity index (χ0n) is 14.7. The van der Waals surface area contributed by atoms with E-state index in [1.807, 2.05) is 6.92 Å². The molecule has 1 rings (SSSR count). The van der Waals surface area contributed by atoms with Crippen LogP contribution in [-0.2, 0) is 6.54 Å². The average molecular weight is 343 g/mol. The van der Waals surface area contributed by atoms with Crippen LogP contribution in [0.2, 0.25) is 0 Å². The van der Waals surface area contributed by atoms with Crippen molar-refractivity contribution in [1.82, 2.24) is 10.6 Å². The van der Waals surface area contributed by atoms with Crippen LogP contribution in [0.15, 0.2) is 23.2 Å². The molecule has 0 aliphatic heterocycles. The van der Waals surface area contributed by atoms with E-state index in [1.54, 1.807) is 19.2 Å². The summed E-state index contributed by atoms with van der Waals surface area (Å²) in [5.74, 6) is 1.69. The van der Waals surface area contributed by atoms with Crippen molar-refractivity contribution in [2.45, 2.75) is 40.3 Å². The van der Waals surface area contributed by atoms with Gasteiger partial charge in [0.1, 0.15) is 11.5 Å². The molecule has 0 saturated carbocycles. The fraction of sp³-hybridized carbons (Fsp3) is 0.588. The first-order valence-corrected chi connectivity index (χ1v) is 8.11. The summed E-state index contributed by atoms with van der Waals surface area (Å²) in [6.07, 6.45) is 0.839. The molecular weight excluding hydrogens is 316 g/mol. The van der Waals surface area contributed by atoms with Gasteiger partial charge in [0.25, 0.3) is 0 Å². The monoisotopic (exact) mass is 343 g/mol. The van der Waals surface area contributed by atoms with Gasteiger partial charge in [-0.25, -0.2) is 0 Å². The number of alkyl halides is 2. The van der Waals surface area contributed by atoms with Gasteiger partial charge in [-0.3, -0.25) is 4.99 Å². The summed E-state index contributed by atoms with van der Waals surface area (Å²) in [6, 6.07) is 4.95. The van der Waals surface area contributed by atoms with E-state index in [0.717, 1.165) is 13.0 Å². The highest BCUT2D eigenvalue weighted by atomic mass is 19.3. The second-order valence-electron chi connectivity index (χ2n) is 5.70. The second-order valence-corrected chi connectivity index (χ2v) is 5.70. The lowest BCUT2D eigenvalue weighted by molar-refractivity contribution is -0.0505. The van der Waals surface area contributed by atoms with E-state index in [1.165, 1.54) is 6.07 Å². The summed E-state index contributed by atoms with van der Waals surface area (Å²) in [5.41, 5.74) is 0.603. The van der Waals surface area contributed by atoms with E-state index in [4.69, 9.17) is 4.74 Å². The van der Waals surface area contributed by atoms with E-state index in [9.17, 15) is 8.78 Å². The minimum Gasteiger partial charge on any atom is -0.493 e. The van der Waals surface area contributed by atoms with Crippen molar-refractivity contribution < 1.29 is 18.3 Å². The third-order valence-corrected chi connectivity index (χ3v) is 3.08. The molecule has 24 heavy (non-hydrogen) atoms. The Balaban J connectivity index is 2.77. The highest BCUT2D eigenvalue weighted by Crippen LogP contribution is 2.26. The molecule has 1 aromatic carbocycles. The second kappa shape index (κ2) is 10.7. The van der Waals surface area contributed by atoms with Crippen LogP contribution in [0.25, 0.3) is 0 Å². The molecule has 0 radical (unpaired) electrons. The van der Waals surface area contributed by atoms with Crippen molar-refractivity contribution in [3.63, 3.8) is 0 Å². The van der Waals surface area contributed by atoms with Crippen molar-refractivity contribution in [3.8, 4) is 11.5 Å². The number of aliphatic imine (C=N–C) groups is 1. The number of halogens is 2. The van der Waals surface area contributed by atoms with Gasteiger partial charge in [-0.05, 0) is 24.5 Å². The number of nitrogens with one attached hydrogen (secondary N) is 2. The Kier molecular flexibility index (Phi) is 8.89. The Bertz CT molecular complexity index is 523. The van der Waals surface area contributed by atoms with Gasteiger partial charge < -0.3 is 20.1 Å². The predicted molar refractivity (Wildman–Crippen MR) is 91.9 cm³/mol. The zero-order valence-corrected chi connectivity index (χ0v) is 14.7. The number of guanidine groups is 1. The molecule has 0 unspecified atom stereocenters. The summed E-state index contributed by atoms with van der Waals surface area (Å²) in [7, 11) is 1.66. The summed E-state index contributed by atoms with van der Waals surface area (Å²) in [5, 5.41) is 6.25. The number of rotatable bonds is 9. The van der Waals surface area contributed by atoms with Crippen LogP contribution in [0.1, 0.15) is 32.8 Å². The number of nitrogens with zero attached hydrogens (tertiary/aromatic N) is 1. The van der Waals surface area contributed by atoms with E-state index in [-0.39, 0.29) is 5.75 Å². The van der Waals surface area contributed by atoms with Gasteiger partial charge in [-0.1, -0.05) is 20.8 Å². The minimum absolute atomic E-state index is 0.102. The Hall–Kier alpha value is -2.05. The fourth-order valence-corrected chi connectivity index (χ4v) is 1.90. The van der Waals surface area contributed by atoms with Crippen molar-refractivity contribution in [1.29, 1.82) is 0 Å². The van der Waals surface area contributed by atoms with Crippen LogP contribution in [-0.4, -0.2) is 32.8 Å². The molecule has 0 atom stereocenters. The van der Waals surface area contributed by atoms with Gasteiger partial charge in [0, 0.05) is 31.8 Å². The summed E-state index contributed by atoms with van der Waals surface area (Å²) < 4.78 is 35.4. The third-order valence-electron chi connectivity index (χ3n) is 3.08. The van der Waals surface area contributed by atoms with Gasteiger partial charge in [-0.2, -0.15) is 8.78 Å². The molecule has 0 spiro atoms. The van der Waals surface area contributed by atoms with Crippen molar-refractivity contribution in [3.05, 3.63) is 23.8 Å². The first-order valence-electron chi connectivity index (χ1n) is 8.11. The SMILES string of the molecule is CCCOc1ccc(CNC(=NC)NCC(C)C)c(OC(F)F)c1. The van der Waals surface area contributed by atoms with E-state index < -0.39 is 6.61 Å². The average Bonchev–Trinajstić information content (AvgIpc) is 2.53. The molecular formula is C17H27F2N3O2. The predicted octanol–water partition coefficient (Wildman–Crippen LogP) is 3.40. The summed E-state index contributed by atoms with van der Waals surface area (Å²) >= 11 is 0. The molecule has 0 heterocycles. The first kappa shape index (κ1) is 20.0. The molecule has 7 heteroatoms. The van der Waals surface area contributed by atoms with Gasteiger partial charge in [-0.15, -0.1) is 0 Å². The van der Waals surface area contributed by atoms with E-state index in [0.29, 0.717) is 36.3 Å². The Morgan fingerprint density at radius 3 is 2.58 bits per heavy atom. The van der Waals surface area contributed by atoms with E-state index >= 15 is 0 Å². The zero-order chi connectivity index (χ0) is 17.9. The quantitative estimate of drug-likeness (QED) is 0.533. The third kappa shape index (κ3) is 7.48. The van der Waals surface area contributed by atoms with Crippen molar-refractivity contribution in [2.24, 2.45) is 10.9 Å². The topological polar surface area (TPSA) is 54.9 Å². The summed E-state index contributed by atoms with van der Waals surface area (Å²) in [6.45, 7) is 4.87. The Labute approximate surface area is 142 Å². The number of benzene rings is 1. The minimum atomic E-state index is -2.89. The molecule has 0 aliphatic rings. The molecule has 0 aliphatic carbocycles. The van der Waals surface area contributed by atoms with Crippen molar-refractivity contribution >= 4 is 5.96 Å². The van der Waals surface area contributed by atoms with Crippen LogP contribution >= 0.6 is 0 Å². The smallest absolute Gasteiger partial charge is 0.387 e. The maximum atomic E-state index is 12.6. The Morgan fingerprint density at radius 2 is 2.00 bits per heavy atom. The number of ether oxygens (including phenoxy) is 2. The maximum Gasteiger partial charge on any atom is 0.387 e. The molecule has 0 aromatic heterocycles. The number of hydrogen-bond acceptors (Lipinski definition) is 3. The molecule has 0 saturated heterocycles. The van der Waals surface area contributed by atoms with Crippen molar-refractivity contribution in [2.75, 3.05) is 20.2 Å². The molecule has 0 fully saturated rings. The lowest BCUT2D eigenvalue weighted by Gasteiger charge is -2.16. The van der Waals surface area contributed by atoms with Gasteiger partial charge in [0.2, 0.25) is 0 Å². The van der Waals surface area contributed by atoms with Crippen LogP contribution in [0.5, 0.6) is 11.5 Å². The normalized spacial score (nSPS) is 11.8. The summed E-state index contributed by atoms with van der Waals surface area (Å²) in [4.78, 5) is 4.10. The Morgan fingerprint density at radius 1 is 1.25 bits per heavy atom. The van der Waals surface area contributed by atoms with Crippen LogP contribution in [0.3, 0.4) is 0 Å². The molecule has 5 nitrogen and oxygen atoms in total. The molecule has 2 N–H and O–H groups in total. The first-order chi connectivity index (χ1) is 11.5. The highest BCUT2D eigenvalue weighted by Gasteiger charge is 2.12. The van der Waals surface area contributed by atoms with Crippen LogP contribution in [0.4, 0.5) is 8.78 Å². The molecule has 0 amide bonds. The van der Waals surface area contributed by atoms with Crippen LogP contribution < -0.4 is 20.1 Å². The number of hydrogen-bond donors (Lipinski definition) is 2. The van der Waals surface area contributed by atoms with E-state index in [2.05, 4.69) is 34.2 Å². The standard InChI is InChI=1S/C17H27F2N3O2/c1-5-8-23-14-7-6-13(15(9-14)24-16(18)19)11-22-17(20-4)21-10-12(2)3/h6-7,9,12,16H,5,8,10-11H2,1-4H3,(H2,20,21,22). The largest absolute Gasteiger partial charge is 0.493 e. The fourth-order valence-electron chi connectivity index (χ4n) is 1.90. The lowest BCUT2D eigenvalue weighted by atomic mass is 10.2. The van der Waals surface area contributed by atoms with Crippen LogP contribution in [0, 0.1) is 5.92 Å². The van der Waals surface area contributed by atoms with Gasteiger partial charge >= 0.3 is 6.61 Å². The maximum absolute atomic E-state index is 12.6. The lowest BCUT2D eigenvalue weighted by Crippen LogP contribution is -2.38. The molecule has 136 valence electrons. The van der Waals surface area contributed by atoms with Gasteiger partial charge in [0.15, 0.2) is 5.96 Å². The molecule has 1 aromatic rings. The molecule has 0 bridgehead atoms. The highest BCUT2D eigenvalue weighted by molar-refractivity contribution is 5.79.